The molecule has 1 amide bonds. The molecule has 3 heteroatoms. The number of thiocarbonyl (C=S) groups is 1. The van der Waals surface area contributed by atoms with Crippen LogP contribution in [0.1, 0.15) is 20.8 Å². The van der Waals surface area contributed by atoms with Gasteiger partial charge in [-0.1, -0.05) is 44.3 Å². The fraction of sp³-hybridized carbons (Fsp3) is 0.333. The molecule has 0 saturated heterocycles. The van der Waals surface area contributed by atoms with Crippen molar-refractivity contribution in [3.8, 4) is 0 Å². The van der Waals surface area contributed by atoms with Gasteiger partial charge < -0.3 is 0 Å². The van der Waals surface area contributed by atoms with Gasteiger partial charge in [0.05, 0.1) is 4.99 Å². The maximum atomic E-state index is 11.9. The molecule has 2 nitrogen and oxygen atoms in total. The van der Waals surface area contributed by atoms with Crippen LogP contribution in [0, 0.1) is 5.92 Å². The number of rotatable bonds is 2. The van der Waals surface area contributed by atoms with Crippen molar-refractivity contribution in [3.05, 3.63) is 30.3 Å². The Kier molecular flexibility index (Phi) is 3.97. The number of hydrogen-bond acceptors (Lipinski definition) is 2. The number of carbonyl (C=O) groups is 1. The van der Waals surface area contributed by atoms with Crippen LogP contribution in [0.15, 0.2) is 30.3 Å². The Bertz CT molecular complexity index is 359. The van der Waals surface area contributed by atoms with Gasteiger partial charge in [0.2, 0.25) is 5.91 Å². The van der Waals surface area contributed by atoms with Crippen molar-refractivity contribution in [3.63, 3.8) is 0 Å². The highest BCUT2D eigenvalue weighted by Crippen LogP contribution is 2.17. The van der Waals surface area contributed by atoms with E-state index in [1.807, 2.05) is 44.2 Å². The van der Waals surface area contributed by atoms with Crippen LogP contribution >= 0.6 is 12.2 Å². The first kappa shape index (κ1) is 11.9. The monoisotopic (exact) mass is 221 g/mol. The van der Waals surface area contributed by atoms with Gasteiger partial charge in [0.1, 0.15) is 0 Å². The van der Waals surface area contributed by atoms with Gasteiger partial charge in [-0.05, 0) is 19.1 Å². The molecule has 0 aromatic heterocycles. The Morgan fingerprint density at radius 3 is 2.20 bits per heavy atom. The summed E-state index contributed by atoms with van der Waals surface area (Å²) < 4.78 is 0. The topological polar surface area (TPSA) is 20.3 Å². The molecule has 1 aromatic carbocycles. The minimum absolute atomic E-state index is 0.0358. The molecule has 15 heavy (non-hydrogen) atoms. The standard InChI is InChI=1S/C12H15NOS/c1-9(2)12(14)13(10(3)15)11-7-5-4-6-8-11/h4-9H,1-3H3. The van der Waals surface area contributed by atoms with Crippen molar-refractivity contribution in [2.24, 2.45) is 5.92 Å². The second kappa shape index (κ2) is 5.03. The summed E-state index contributed by atoms with van der Waals surface area (Å²) in [6.45, 7) is 5.51. The van der Waals surface area contributed by atoms with Crippen LogP contribution in [-0.4, -0.2) is 10.9 Å². The minimum atomic E-state index is -0.0527. The van der Waals surface area contributed by atoms with Gasteiger partial charge in [-0.2, -0.15) is 0 Å². The molecule has 0 aliphatic rings. The lowest BCUT2D eigenvalue weighted by atomic mass is 10.1. The molecule has 0 N–H and O–H groups in total. The molecule has 1 aromatic rings. The van der Waals surface area contributed by atoms with Gasteiger partial charge in [-0.3, -0.25) is 9.69 Å². The maximum absolute atomic E-state index is 11.9. The molecule has 0 fully saturated rings. The van der Waals surface area contributed by atoms with E-state index < -0.39 is 0 Å². The van der Waals surface area contributed by atoms with Crippen LogP contribution in [0.25, 0.3) is 0 Å². The van der Waals surface area contributed by atoms with Crippen molar-refractivity contribution in [1.29, 1.82) is 0 Å². The number of hydrogen-bond donors (Lipinski definition) is 0. The van der Waals surface area contributed by atoms with Gasteiger partial charge in [0.25, 0.3) is 0 Å². The first-order valence-corrected chi connectivity index (χ1v) is 5.34. The highest BCUT2D eigenvalue weighted by Gasteiger charge is 2.19. The molecule has 0 radical (unpaired) electrons. The van der Waals surface area contributed by atoms with E-state index in [1.54, 1.807) is 11.8 Å². The zero-order valence-electron chi connectivity index (χ0n) is 9.23. The molecule has 0 spiro atoms. The Morgan fingerprint density at radius 2 is 1.80 bits per heavy atom. The molecule has 80 valence electrons. The largest absolute Gasteiger partial charge is 0.275 e. The molecular formula is C12H15NOS. The summed E-state index contributed by atoms with van der Waals surface area (Å²) in [5.41, 5.74) is 0.837. The number of amides is 1. The lowest BCUT2D eigenvalue weighted by Crippen LogP contribution is -2.37. The number of nitrogens with zero attached hydrogens (tertiary/aromatic N) is 1. The average Bonchev–Trinajstić information content (AvgIpc) is 2.18. The van der Waals surface area contributed by atoms with E-state index in [0.29, 0.717) is 4.99 Å². The Labute approximate surface area is 95.9 Å². The summed E-state index contributed by atoms with van der Waals surface area (Å²) in [5.74, 6) is -0.0168. The fourth-order valence-electron chi connectivity index (χ4n) is 1.30. The number of para-hydroxylation sites is 1. The van der Waals surface area contributed by atoms with Crippen molar-refractivity contribution in [2.45, 2.75) is 20.8 Å². The van der Waals surface area contributed by atoms with Crippen molar-refractivity contribution >= 4 is 28.8 Å². The molecule has 0 heterocycles. The molecule has 0 aliphatic carbocycles. The average molecular weight is 221 g/mol. The summed E-state index contributed by atoms with van der Waals surface area (Å²) in [7, 11) is 0. The predicted octanol–water partition coefficient (Wildman–Crippen LogP) is 3.02. The van der Waals surface area contributed by atoms with Gasteiger partial charge >= 0.3 is 0 Å². The third-order valence-corrected chi connectivity index (χ3v) is 2.23. The molecule has 0 unspecified atom stereocenters. The third kappa shape index (κ3) is 2.86. The lowest BCUT2D eigenvalue weighted by Gasteiger charge is -2.23. The van der Waals surface area contributed by atoms with Gasteiger partial charge in [0.15, 0.2) is 0 Å². The summed E-state index contributed by atoms with van der Waals surface area (Å²) >= 11 is 5.10. The van der Waals surface area contributed by atoms with Crippen LogP contribution in [0.3, 0.4) is 0 Å². The maximum Gasteiger partial charge on any atom is 0.234 e. The number of benzene rings is 1. The van der Waals surface area contributed by atoms with E-state index in [-0.39, 0.29) is 11.8 Å². The molecular weight excluding hydrogens is 206 g/mol. The van der Waals surface area contributed by atoms with Crippen molar-refractivity contribution in [1.82, 2.24) is 0 Å². The van der Waals surface area contributed by atoms with E-state index in [1.165, 1.54) is 0 Å². The van der Waals surface area contributed by atoms with E-state index >= 15 is 0 Å². The highest BCUT2D eigenvalue weighted by atomic mass is 32.1. The lowest BCUT2D eigenvalue weighted by molar-refractivity contribution is -0.120. The molecule has 0 saturated carbocycles. The summed E-state index contributed by atoms with van der Waals surface area (Å²) in [4.78, 5) is 14.1. The minimum Gasteiger partial charge on any atom is -0.275 e. The third-order valence-electron chi connectivity index (χ3n) is 2.04. The zero-order valence-corrected chi connectivity index (χ0v) is 10.0. The fourth-order valence-corrected chi connectivity index (χ4v) is 1.49. The SMILES string of the molecule is CC(=S)N(C(=O)C(C)C)c1ccccc1. The predicted molar refractivity (Wildman–Crippen MR) is 67.0 cm³/mol. The van der Waals surface area contributed by atoms with Crippen molar-refractivity contribution < 1.29 is 4.79 Å². The van der Waals surface area contributed by atoms with E-state index in [2.05, 4.69) is 0 Å². The molecule has 1 rings (SSSR count). The Hall–Kier alpha value is -1.22. The second-order valence-corrected chi connectivity index (χ2v) is 4.27. The van der Waals surface area contributed by atoms with E-state index in [4.69, 9.17) is 12.2 Å². The smallest absolute Gasteiger partial charge is 0.234 e. The van der Waals surface area contributed by atoms with E-state index in [0.717, 1.165) is 5.69 Å². The zero-order chi connectivity index (χ0) is 11.4. The molecule has 0 aliphatic heterocycles. The van der Waals surface area contributed by atoms with Crippen LogP contribution in [0.5, 0.6) is 0 Å². The number of anilines is 1. The first-order valence-electron chi connectivity index (χ1n) is 4.93. The molecule has 0 atom stereocenters. The summed E-state index contributed by atoms with van der Waals surface area (Å²) in [5, 5.41) is 0. The quantitative estimate of drug-likeness (QED) is 0.715. The number of carbonyl (C=O) groups excluding carboxylic acids is 1. The highest BCUT2D eigenvalue weighted by molar-refractivity contribution is 7.80. The Morgan fingerprint density at radius 1 is 1.27 bits per heavy atom. The van der Waals surface area contributed by atoms with Crippen LogP contribution in [0.4, 0.5) is 5.69 Å². The molecule has 0 bridgehead atoms. The van der Waals surface area contributed by atoms with Gasteiger partial charge in [-0.15, -0.1) is 0 Å². The van der Waals surface area contributed by atoms with Crippen LogP contribution in [0.2, 0.25) is 0 Å². The Balaban J connectivity index is 3.05. The normalized spacial score (nSPS) is 10.1. The van der Waals surface area contributed by atoms with Gasteiger partial charge in [-0.25, -0.2) is 0 Å². The summed E-state index contributed by atoms with van der Waals surface area (Å²) in [6, 6.07) is 9.48. The summed E-state index contributed by atoms with van der Waals surface area (Å²) in [6.07, 6.45) is 0. The van der Waals surface area contributed by atoms with Gasteiger partial charge in [0, 0.05) is 11.6 Å². The van der Waals surface area contributed by atoms with Crippen molar-refractivity contribution in [2.75, 3.05) is 4.90 Å². The second-order valence-electron chi connectivity index (χ2n) is 3.68. The first-order chi connectivity index (χ1) is 7.04. The van der Waals surface area contributed by atoms with Crippen LogP contribution in [-0.2, 0) is 4.79 Å². The van der Waals surface area contributed by atoms with E-state index in [9.17, 15) is 4.79 Å². The van der Waals surface area contributed by atoms with Crippen LogP contribution < -0.4 is 4.90 Å².